The van der Waals surface area contributed by atoms with Gasteiger partial charge in [0.1, 0.15) is 0 Å². The molecule has 0 aliphatic heterocycles. The number of aliphatic imine (C=N–C) groups is 1. The monoisotopic (exact) mass is 131 g/mol. The first-order chi connectivity index (χ1) is 3.72. The Morgan fingerprint density at radius 1 is 1.50 bits per heavy atom. The predicted molar refractivity (Wildman–Crippen MR) is 41.7 cm³/mol. The van der Waals surface area contributed by atoms with Gasteiger partial charge in [-0.1, -0.05) is 13.8 Å². The summed E-state index contributed by atoms with van der Waals surface area (Å²) in [5, 5.41) is 1.23. The van der Waals surface area contributed by atoms with E-state index in [4.69, 9.17) is 0 Å². The average Bonchev–Trinajstić information content (AvgIpc) is 1.69. The number of thioether (sulfide) groups is 1. The molecule has 0 saturated carbocycles. The molecule has 0 unspecified atom stereocenters. The van der Waals surface area contributed by atoms with Crippen molar-refractivity contribution < 1.29 is 0 Å². The molecule has 0 N–H and O–H groups in total. The van der Waals surface area contributed by atoms with Crippen molar-refractivity contribution in [3.05, 3.63) is 0 Å². The molecular weight excluding hydrogens is 118 g/mol. The van der Waals surface area contributed by atoms with Crippen LogP contribution in [0.15, 0.2) is 4.99 Å². The van der Waals surface area contributed by atoms with Crippen molar-refractivity contribution >= 4 is 16.8 Å². The fraction of sp³-hybridized carbons (Fsp3) is 0.833. The number of rotatable bonds is 1. The van der Waals surface area contributed by atoms with Gasteiger partial charge in [-0.05, 0) is 6.26 Å². The van der Waals surface area contributed by atoms with E-state index in [0.29, 0.717) is 5.92 Å². The molecule has 0 spiro atoms. The Balaban J connectivity index is 3.72. The van der Waals surface area contributed by atoms with E-state index in [2.05, 4.69) is 25.1 Å². The molecule has 0 bridgehead atoms. The highest BCUT2D eigenvalue weighted by Gasteiger charge is 1.99. The van der Waals surface area contributed by atoms with Gasteiger partial charge < -0.3 is 0 Å². The second kappa shape index (κ2) is 3.96. The van der Waals surface area contributed by atoms with Gasteiger partial charge in [-0.3, -0.25) is 4.99 Å². The summed E-state index contributed by atoms with van der Waals surface area (Å²) >= 11 is 1.73. The van der Waals surface area contributed by atoms with Crippen LogP contribution in [0.1, 0.15) is 13.8 Å². The normalized spacial score (nSPS) is 12.9. The Bertz CT molecular complexity index is 86.5. The quantitative estimate of drug-likeness (QED) is 0.392. The lowest BCUT2D eigenvalue weighted by atomic mass is 10.2. The molecule has 1 nitrogen and oxygen atoms in total. The van der Waals surface area contributed by atoms with Crippen molar-refractivity contribution in [1.29, 1.82) is 0 Å². The van der Waals surface area contributed by atoms with E-state index < -0.39 is 0 Å². The Morgan fingerprint density at radius 3 is 2.00 bits per heavy atom. The summed E-state index contributed by atoms with van der Waals surface area (Å²) in [5.74, 6) is 0.593. The molecule has 0 amide bonds. The fourth-order valence-electron chi connectivity index (χ4n) is 0.585. The molecule has 0 rings (SSSR count). The van der Waals surface area contributed by atoms with E-state index in [1.165, 1.54) is 5.04 Å². The lowest BCUT2D eigenvalue weighted by molar-refractivity contribution is 0.898. The minimum atomic E-state index is 0.593. The lowest BCUT2D eigenvalue weighted by Gasteiger charge is -2.02. The smallest absolute Gasteiger partial charge is 0.0695 e. The number of hydrogen-bond acceptors (Lipinski definition) is 2. The summed E-state index contributed by atoms with van der Waals surface area (Å²) in [5.41, 5.74) is 0. The van der Waals surface area contributed by atoms with Crippen molar-refractivity contribution in [2.24, 2.45) is 10.9 Å². The van der Waals surface area contributed by atoms with E-state index >= 15 is 0 Å². The standard InChI is InChI=1S/C6H13NS/c1-5(2)6(7-3)8-4/h5H,1-4H3/b7-6-. The van der Waals surface area contributed by atoms with Crippen molar-refractivity contribution in [2.75, 3.05) is 13.3 Å². The van der Waals surface area contributed by atoms with Gasteiger partial charge in [-0.15, -0.1) is 11.8 Å². The van der Waals surface area contributed by atoms with E-state index in [1.807, 2.05) is 7.05 Å². The second-order valence-electron chi connectivity index (χ2n) is 1.92. The highest BCUT2D eigenvalue weighted by atomic mass is 32.2. The molecule has 0 aliphatic carbocycles. The zero-order valence-corrected chi connectivity index (χ0v) is 6.75. The van der Waals surface area contributed by atoms with Crippen molar-refractivity contribution in [2.45, 2.75) is 13.8 Å². The molecule has 0 radical (unpaired) electrons. The van der Waals surface area contributed by atoms with Crippen LogP contribution in [-0.2, 0) is 0 Å². The van der Waals surface area contributed by atoms with Crippen LogP contribution >= 0.6 is 11.8 Å². The van der Waals surface area contributed by atoms with Crippen molar-refractivity contribution in [3.8, 4) is 0 Å². The molecular formula is C6H13NS. The summed E-state index contributed by atoms with van der Waals surface area (Å²) < 4.78 is 0. The summed E-state index contributed by atoms with van der Waals surface area (Å²) in [4.78, 5) is 4.09. The van der Waals surface area contributed by atoms with E-state index in [9.17, 15) is 0 Å². The molecule has 0 saturated heterocycles. The van der Waals surface area contributed by atoms with Crippen LogP contribution in [0.2, 0.25) is 0 Å². The van der Waals surface area contributed by atoms with Gasteiger partial charge >= 0.3 is 0 Å². The van der Waals surface area contributed by atoms with Gasteiger partial charge in [0.15, 0.2) is 0 Å². The number of nitrogens with zero attached hydrogens (tertiary/aromatic N) is 1. The summed E-state index contributed by atoms with van der Waals surface area (Å²) in [6, 6.07) is 0. The zero-order chi connectivity index (χ0) is 6.57. The molecule has 0 atom stereocenters. The maximum absolute atomic E-state index is 4.09. The predicted octanol–water partition coefficient (Wildman–Crippen LogP) is 2.03. The molecule has 2 heteroatoms. The zero-order valence-electron chi connectivity index (χ0n) is 5.93. The van der Waals surface area contributed by atoms with Gasteiger partial charge in [0, 0.05) is 13.0 Å². The maximum atomic E-state index is 4.09. The molecule has 0 heterocycles. The highest BCUT2D eigenvalue weighted by Crippen LogP contribution is 2.07. The highest BCUT2D eigenvalue weighted by molar-refractivity contribution is 8.13. The third-order valence-corrected chi connectivity index (χ3v) is 2.00. The first-order valence-corrected chi connectivity index (χ1v) is 3.95. The van der Waals surface area contributed by atoms with Crippen LogP contribution in [0.25, 0.3) is 0 Å². The minimum absolute atomic E-state index is 0.593. The molecule has 48 valence electrons. The second-order valence-corrected chi connectivity index (χ2v) is 2.75. The third kappa shape index (κ3) is 2.36. The molecule has 0 aromatic carbocycles. The van der Waals surface area contributed by atoms with Crippen molar-refractivity contribution in [1.82, 2.24) is 0 Å². The van der Waals surface area contributed by atoms with E-state index in [0.717, 1.165) is 0 Å². The third-order valence-electron chi connectivity index (χ3n) is 0.923. The molecule has 0 aromatic rings. The Kier molecular flexibility index (Phi) is 3.97. The molecule has 0 aliphatic rings. The topological polar surface area (TPSA) is 12.4 Å². The summed E-state index contributed by atoms with van der Waals surface area (Å²) in [6.07, 6.45) is 2.06. The summed E-state index contributed by atoms with van der Waals surface area (Å²) in [7, 11) is 1.84. The molecule has 8 heavy (non-hydrogen) atoms. The Morgan fingerprint density at radius 2 is 2.00 bits per heavy atom. The summed E-state index contributed by atoms with van der Waals surface area (Å²) in [6.45, 7) is 4.30. The average molecular weight is 131 g/mol. The van der Waals surface area contributed by atoms with Gasteiger partial charge in [-0.25, -0.2) is 0 Å². The van der Waals surface area contributed by atoms with Gasteiger partial charge in [0.05, 0.1) is 5.04 Å². The van der Waals surface area contributed by atoms with Crippen LogP contribution in [0.5, 0.6) is 0 Å². The first kappa shape index (κ1) is 8.02. The van der Waals surface area contributed by atoms with E-state index in [1.54, 1.807) is 11.8 Å². The maximum Gasteiger partial charge on any atom is 0.0695 e. The van der Waals surface area contributed by atoms with Crippen molar-refractivity contribution in [3.63, 3.8) is 0 Å². The molecule has 0 aromatic heterocycles. The SMILES string of the molecule is C/N=C(\SC)C(C)C. The minimum Gasteiger partial charge on any atom is -0.286 e. The molecule has 0 fully saturated rings. The van der Waals surface area contributed by atoms with Crippen LogP contribution in [0.3, 0.4) is 0 Å². The van der Waals surface area contributed by atoms with Crippen LogP contribution < -0.4 is 0 Å². The van der Waals surface area contributed by atoms with Crippen LogP contribution in [0, 0.1) is 5.92 Å². The Labute approximate surface area is 55.6 Å². The number of hydrogen-bond donors (Lipinski definition) is 0. The van der Waals surface area contributed by atoms with Crippen LogP contribution in [-0.4, -0.2) is 18.3 Å². The largest absolute Gasteiger partial charge is 0.286 e. The Hall–Kier alpha value is 0.0200. The fourth-order valence-corrected chi connectivity index (χ4v) is 1.24. The van der Waals surface area contributed by atoms with Gasteiger partial charge in [0.25, 0.3) is 0 Å². The first-order valence-electron chi connectivity index (χ1n) is 2.73. The lowest BCUT2D eigenvalue weighted by Crippen LogP contribution is -2.00. The van der Waals surface area contributed by atoms with Crippen LogP contribution in [0.4, 0.5) is 0 Å². The van der Waals surface area contributed by atoms with Gasteiger partial charge in [0.2, 0.25) is 0 Å². The van der Waals surface area contributed by atoms with E-state index in [-0.39, 0.29) is 0 Å². The van der Waals surface area contributed by atoms with Gasteiger partial charge in [-0.2, -0.15) is 0 Å².